The molecule has 2 fully saturated rings. The molecule has 1 aliphatic carbocycles. The van der Waals surface area contributed by atoms with Gasteiger partial charge in [-0.3, -0.25) is 4.99 Å². The average Bonchev–Trinajstić information content (AvgIpc) is 2.56. The predicted octanol–water partition coefficient (Wildman–Crippen LogP) is 2.44. The van der Waals surface area contributed by atoms with Crippen molar-refractivity contribution >= 4 is 5.96 Å². The van der Waals surface area contributed by atoms with E-state index in [0.717, 1.165) is 18.4 Å². The van der Waals surface area contributed by atoms with Crippen LogP contribution in [-0.4, -0.2) is 49.0 Å². The second-order valence-corrected chi connectivity index (χ2v) is 7.18. The maximum Gasteiger partial charge on any atom is 0.191 e. The van der Waals surface area contributed by atoms with Gasteiger partial charge in [-0.15, -0.1) is 0 Å². The summed E-state index contributed by atoms with van der Waals surface area (Å²) in [7, 11) is 0. The summed E-state index contributed by atoms with van der Waals surface area (Å²) in [6.45, 7) is 6.93. The van der Waals surface area contributed by atoms with E-state index < -0.39 is 5.60 Å². The molecule has 134 valence electrons. The summed E-state index contributed by atoms with van der Waals surface area (Å²) in [5.41, 5.74) is -0.695. The van der Waals surface area contributed by atoms with E-state index in [4.69, 9.17) is 4.74 Å². The van der Waals surface area contributed by atoms with E-state index in [1.165, 1.54) is 38.5 Å². The molecule has 0 aromatic carbocycles. The largest absolute Gasteiger partial charge is 0.388 e. The Bertz CT molecular complexity index is 359. The normalized spacial score (nSPS) is 28.4. The van der Waals surface area contributed by atoms with Crippen LogP contribution in [0.15, 0.2) is 4.99 Å². The number of guanidine groups is 1. The number of nitrogens with one attached hydrogen (secondary N) is 2. The van der Waals surface area contributed by atoms with E-state index in [9.17, 15) is 5.11 Å². The van der Waals surface area contributed by atoms with Crippen LogP contribution in [0.2, 0.25) is 0 Å². The van der Waals surface area contributed by atoms with Crippen molar-refractivity contribution in [3.05, 3.63) is 0 Å². The number of hydrogen-bond acceptors (Lipinski definition) is 3. The maximum atomic E-state index is 10.5. The van der Waals surface area contributed by atoms with E-state index in [2.05, 4.69) is 29.5 Å². The molecule has 2 rings (SSSR count). The van der Waals surface area contributed by atoms with Gasteiger partial charge in [0.15, 0.2) is 5.96 Å². The zero-order valence-electron chi connectivity index (χ0n) is 14.9. The molecular formula is C18H35N3O2. The summed E-state index contributed by atoms with van der Waals surface area (Å²) >= 11 is 0. The van der Waals surface area contributed by atoms with Crippen LogP contribution in [0.25, 0.3) is 0 Å². The Hall–Kier alpha value is -0.810. The zero-order valence-corrected chi connectivity index (χ0v) is 14.9. The Labute approximate surface area is 141 Å². The Balaban J connectivity index is 1.82. The minimum Gasteiger partial charge on any atom is -0.388 e. The second kappa shape index (κ2) is 9.48. The quantitative estimate of drug-likeness (QED) is 0.518. The lowest BCUT2D eigenvalue weighted by molar-refractivity contribution is -0.0566. The number of ether oxygens (including phenoxy) is 1. The molecule has 5 nitrogen and oxygen atoms in total. The van der Waals surface area contributed by atoms with E-state index in [-0.39, 0.29) is 0 Å². The number of hydrogen-bond donors (Lipinski definition) is 3. The molecule has 1 saturated carbocycles. The summed E-state index contributed by atoms with van der Waals surface area (Å²) in [6.07, 6.45) is 9.14. The molecule has 2 aliphatic rings. The molecule has 1 saturated heterocycles. The van der Waals surface area contributed by atoms with Crippen LogP contribution >= 0.6 is 0 Å². The van der Waals surface area contributed by atoms with E-state index in [0.29, 0.717) is 38.6 Å². The van der Waals surface area contributed by atoms with Gasteiger partial charge >= 0.3 is 0 Å². The van der Waals surface area contributed by atoms with Crippen LogP contribution in [0.3, 0.4) is 0 Å². The van der Waals surface area contributed by atoms with E-state index in [1.807, 2.05) is 0 Å². The van der Waals surface area contributed by atoms with Crippen LogP contribution in [0, 0.1) is 5.92 Å². The average molecular weight is 325 g/mol. The van der Waals surface area contributed by atoms with Gasteiger partial charge in [0.25, 0.3) is 0 Å². The molecule has 0 bridgehead atoms. The Morgan fingerprint density at radius 2 is 1.87 bits per heavy atom. The smallest absolute Gasteiger partial charge is 0.191 e. The van der Waals surface area contributed by atoms with Crippen molar-refractivity contribution in [1.29, 1.82) is 0 Å². The van der Waals surface area contributed by atoms with Crippen LogP contribution in [-0.2, 0) is 4.74 Å². The number of rotatable bonds is 6. The van der Waals surface area contributed by atoms with Gasteiger partial charge in [0.1, 0.15) is 0 Å². The van der Waals surface area contributed by atoms with Crippen molar-refractivity contribution in [2.75, 3.05) is 26.3 Å². The van der Waals surface area contributed by atoms with Gasteiger partial charge in [0.05, 0.1) is 12.1 Å². The van der Waals surface area contributed by atoms with Gasteiger partial charge in [-0.1, -0.05) is 19.8 Å². The lowest BCUT2D eigenvalue weighted by Crippen LogP contribution is -2.46. The van der Waals surface area contributed by atoms with Gasteiger partial charge in [0.2, 0.25) is 0 Å². The lowest BCUT2D eigenvalue weighted by Gasteiger charge is -2.32. The van der Waals surface area contributed by atoms with Gasteiger partial charge < -0.3 is 20.5 Å². The highest BCUT2D eigenvalue weighted by Crippen LogP contribution is 2.27. The summed E-state index contributed by atoms with van der Waals surface area (Å²) in [6, 6.07) is 0.519. The van der Waals surface area contributed by atoms with Crippen molar-refractivity contribution in [3.8, 4) is 0 Å². The van der Waals surface area contributed by atoms with E-state index in [1.54, 1.807) is 0 Å². The highest BCUT2D eigenvalue weighted by atomic mass is 16.5. The molecule has 0 aromatic heterocycles. The summed E-state index contributed by atoms with van der Waals surface area (Å²) in [4.78, 5) is 4.65. The second-order valence-electron chi connectivity index (χ2n) is 7.18. The molecule has 1 aliphatic heterocycles. The Kier molecular flexibility index (Phi) is 7.63. The van der Waals surface area contributed by atoms with Crippen LogP contribution in [0.5, 0.6) is 0 Å². The van der Waals surface area contributed by atoms with Crippen molar-refractivity contribution in [2.24, 2.45) is 10.9 Å². The summed E-state index contributed by atoms with van der Waals surface area (Å²) in [5, 5.41) is 17.4. The maximum absolute atomic E-state index is 10.5. The molecule has 1 heterocycles. The molecule has 5 heteroatoms. The first-order valence-corrected chi connectivity index (χ1v) is 9.50. The molecule has 0 unspecified atom stereocenters. The highest BCUT2D eigenvalue weighted by molar-refractivity contribution is 5.80. The number of aliphatic imine (C=N–C) groups is 1. The van der Waals surface area contributed by atoms with Gasteiger partial charge in [0, 0.05) is 38.6 Å². The zero-order chi connectivity index (χ0) is 16.5. The van der Waals surface area contributed by atoms with Crippen LogP contribution in [0.1, 0.15) is 65.2 Å². The number of nitrogens with zero attached hydrogens (tertiary/aromatic N) is 1. The molecule has 0 spiro atoms. The molecule has 3 N–H and O–H groups in total. The topological polar surface area (TPSA) is 65.9 Å². The van der Waals surface area contributed by atoms with Crippen molar-refractivity contribution < 1.29 is 9.84 Å². The summed E-state index contributed by atoms with van der Waals surface area (Å²) in [5.74, 6) is 1.77. The standard InChI is InChI=1S/C18H35N3O2/c1-3-5-15-6-8-16(9-7-15)21-17(19-4-2)20-14-18(22)10-12-23-13-11-18/h15-16,22H,3-14H2,1-2H3,(H2,19,20,21). The van der Waals surface area contributed by atoms with Crippen LogP contribution in [0.4, 0.5) is 0 Å². The SMILES string of the molecule is CCCC1CCC(NC(=NCC2(O)CCOCC2)NCC)CC1. The fourth-order valence-electron chi connectivity index (χ4n) is 3.65. The molecular weight excluding hydrogens is 290 g/mol. The van der Waals surface area contributed by atoms with Crippen molar-refractivity contribution in [3.63, 3.8) is 0 Å². The minimum atomic E-state index is -0.695. The van der Waals surface area contributed by atoms with Gasteiger partial charge in [-0.2, -0.15) is 0 Å². The predicted molar refractivity (Wildman–Crippen MR) is 94.8 cm³/mol. The Morgan fingerprint density at radius 3 is 2.48 bits per heavy atom. The van der Waals surface area contributed by atoms with E-state index >= 15 is 0 Å². The Morgan fingerprint density at radius 1 is 1.17 bits per heavy atom. The fourth-order valence-corrected chi connectivity index (χ4v) is 3.65. The highest BCUT2D eigenvalue weighted by Gasteiger charge is 2.29. The molecule has 0 atom stereocenters. The van der Waals surface area contributed by atoms with Crippen molar-refractivity contribution in [1.82, 2.24) is 10.6 Å². The first-order valence-electron chi connectivity index (χ1n) is 9.50. The fraction of sp³-hybridized carbons (Fsp3) is 0.944. The van der Waals surface area contributed by atoms with Crippen LogP contribution < -0.4 is 10.6 Å². The van der Waals surface area contributed by atoms with Gasteiger partial charge in [-0.05, 0) is 38.5 Å². The molecule has 23 heavy (non-hydrogen) atoms. The summed E-state index contributed by atoms with van der Waals surface area (Å²) < 4.78 is 5.33. The monoisotopic (exact) mass is 325 g/mol. The third-order valence-electron chi connectivity index (χ3n) is 5.18. The first kappa shape index (κ1) is 18.5. The third-order valence-corrected chi connectivity index (χ3v) is 5.18. The molecule has 0 radical (unpaired) electrons. The lowest BCUT2D eigenvalue weighted by atomic mass is 9.83. The number of aliphatic hydroxyl groups is 1. The minimum absolute atomic E-state index is 0.455. The van der Waals surface area contributed by atoms with Gasteiger partial charge in [-0.25, -0.2) is 0 Å². The van der Waals surface area contributed by atoms with Crippen molar-refractivity contribution in [2.45, 2.75) is 76.9 Å². The molecule has 0 aromatic rings. The molecule has 0 amide bonds. The first-order chi connectivity index (χ1) is 11.1. The third kappa shape index (κ3) is 6.30.